The summed E-state index contributed by atoms with van der Waals surface area (Å²) in [4.78, 5) is 0. The van der Waals surface area contributed by atoms with Crippen LogP contribution in [0.4, 0.5) is 5.69 Å². The fourth-order valence-corrected chi connectivity index (χ4v) is 10.8. The van der Waals surface area contributed by atoms with Gasteiger partial charge in [0.25, 0.3) is 0 Å². The molecule has 6 aliphatic carbocycles. The summed E-state index contributed by atoms with van der Waals surface area (Å²) in [5.41, 5.74) is 6.06. The molecule has 6 aliphatic rings. The van der Waals surface area contributed by atoms with Gasteiger partial charge in [0.1, 0.15) is 11.3 Å². The van der Waals surface area contributed by atoms with E-state index in [9.17, 15) is 0 Å². The zero-order chi connectivity index (χ0) is 26.7. The SMILES string of the molecule is CC1C=CC=CC1C1(C2CC=CCC2)C2=CC(Nc3cccc4oc5c(c34)CCCC5)CCC2C2CCCCC21. The third-order valence-corrected chi connectivity index (χ3v) is 12.2. The third-order valence-electron chi connectivity index (χ3n) is 12.2. The Balaban J connectivity index is 1.24. The van der Waals surface area contributed by atoms with Gasteiger partial charge in [-0.05, 0) is 112 Å². The number of rotatable bonds is 4. The van der Waals surface area contributed by atoms with Crippen LogP contribution in [0.25, 0.3) is 11.0 Å². The van der Waals surface area contributed by atoms with Crippen molar-refractivity contribution in [2.24, 2.45) is 40.9 Å². The minimum Gasteiger partial charge on any atom is -0.461 e. The van der Waals surface area contributed by atoms with Crippen LogP contribution in [0.1, 0.15) is 88.9 Å². The Bertz CT molecular complexity index is 1390. The van der Waals surface area contributed by atoms with Crippen LogP contribution in [0.3, 0.4) is 0 Å². The third kappa shape index (κ3) is 3.80. The molecule has 0 spiro atoms. The molecule has 2 heteroatoms. The first-order chi connectivity index (χ1) is 19.7. The van der Waals surface area contributed by atoms with Gasteiger partial charge in [0.15, 0.2) is 0 Å². The number of anilines is 1. The lowest BCUT2D eigenvalue weighted by Gasteiger charge is -2.53. The largest absolute Gasteiger partial charge is 0.461 e. The smallest absolute Gasteiger partial charge is 0.136 e. The van der Waals surface area contributed by atoms with Crippen molar-refractivity contribution >= 4 is 16.7 Å². The van der Waals surface area contributed by atoms with E-state index in [-0.39, 0.29) is 0 Å². The van der Waals surface area contributed by atoms with Crippen molar-refractivity contribution in [3.8, 4) is 0 Å². The first kappa shape index (κ1) is 25.2. The van der Waals surface area contributed by atoms with Crippen molar-refractivity contribution in [1.29, 1.82) is 0 Å². The highest BCUT2D eigenvalue weighted by Gasteiger charge is 2.63. The molecule has 8 unspecified atom stereocenters. The molecule has 2 nitrogen and oxygen atoms in total. The Kier molecular flexibility index (Phi) is 6.38. The second-order valence-electron chi connectivity index (χ2n) is 14.1. The molecule has 210 valence electrons. The van der Waals surface area contributed by atoms with Crippen LogP contribution in [0.15, 0.2) is 70.7 Å². The Labute approximate surface area is 241 Å². The molecule has 1 aromatic carbocycles. The molecule has 40 heavy (non-hydrogen) atoms. The lowest BCUT2D eigenvalue weighted by Crippen LogP contribution is -2.47. The molecule has 0 radical (unpaired) electrons. The molecule has 2 saturated carbocycles. The van der Waals surface area contributed by atoms with Crippen molar-refractivity contribution in [1.82, 2.24) is 0 Å². The molecule has 0 aliphatic heterocycles. The van der Waals surface area contributed by atoms with Crippen LogP contribution in [0, 0.1) is 40.9 Å². The molecule has 0 amide bonds. The summed E-state index contributed by atoms with van der Waals surface area (Å²) in [5, 5.41) is 5.50. The summed E-state index contributed by atoms with van der Waals surface area (Å²) in [6.07, 6.45) is 34.8. The second-order valence-corrected chi connectivity index (χ2v) is 14.1. The van der Waals surface area contributed by atoms with Crippen LogP contribution in [-0.2, 0) is 12.8 Å². The van der Waals surface area contributed by atoms with E-state index in [1.807, 2.05) is 5.57 Å². The summed E-state index contributed by atoms with van der Waals surface area (Å²) < 4.78 is 6.38. The molecular formula is C38H47NO. The highest BCUT2D eigenvalue weighted by atomic mass is 16.3. The zero-order valence-electron chi connectivity index (χ0n) is 24.4. The molecule has 8 atom stereocenters. The number of nitrogens with one attached hydrogen (secondary N) is 1. The molecule has 1 heterocycles. The molecule has 2 aromatic rings. The molecule has 0 saturated heterocycles. The minimum atomic E-state index is 0.308. The number of aryl methyl sites for hydroxylation is 2. The van der Waals surface area contributed by atoms with Crippen molar-refractivity contribution in [2.75, 3.05) is 5.32 Å². The minimum absolute atomic E-state index is 0.308. The van der Waals surface area contributed by atoms with Crippen molar-refractivity contribution in [2.45, 2.75) is 96.4 Å². The van der Waals surface area contributed by atoms with E-state index in [0.29, 0.717) is 23.3 Å². The molecule has 8 rings (SSSR count). The number of hydrogen-bond donors (Lipinski definition) is 1. The number of benzene rings is 1. The van der Waals surface area contributed by atoms with Crippen LogP contribution >= 0.6 is 0 Å². The number of furan rings is 1. The summed E-state index contributed by atoms with van der Waals surface area (Å²) in [5.74, 6) is 5.78. The zero-order valence-corrected chi connectivity index (χ0v) is 24.4. The maximum Gasteiger partial charge on any atom is 0.136 e. The van der Waals surface area contributed by atoms with E-state index in [4.69, 9.17) is 4.42 Å². The maximum atomic E-state index is 6.38. The van der Waals surface area contributed by atoms with Gasteiger partial charge in [-0.2, -0.15) is 0 Å². The first-order valence-electron chi connectivity index (χ1n) is 16.8. The van der Waals surface area contributed by atoms with Crippen LogP contribution in [-0.4, -0.2) is 6.04 Å². The Morgan fingerprint density at radius 1 is 0.900 bits per heavy atom. The number of hydrogen-bond acceptors (Lipinski definition) is 2. The van der Waals surface area contributed by atoms with Gasteiger partial charge in [-0.3, -0.25) is 0 Å². The first-order valence-corrected chi connectivity index (χ1v) is 16.8. The van der Waals surface area contributed by atoms with E-state index in [0.717, 1.165) is 42.1 Å². The number of allylic oxidation sites excluding steroid dienone is 7. The van der Waals surface area contributed by atoms with Gasteiger partial charge in [0, 0.05) is 34.5 Å². The predicted molar refractivity (Wildman–Crippen MR) is 166 cm³/mol. The van der Waals surface area contributed by atoms with Crippen molar-refractivity contribution in [3.05, 3.63) is 77.6 Å². The predicted octanol–water partition coefficient (Wildman–Crippen LogP) is 9.97. The van der Waals surface area contributed by atoms with E-state index in [1.165, 1.54) is 93.0 Å². The molecule has 0 bridgehead atoms. The maximum absolute atomic E-state index is 6.38. The topological polar surface area (TPSA) is 25.2 Å². The van der Waals surface area contributed by atoms with Gasteiger partial charge in [0.05, 0.1) is 0 Å². The number of fused-ring (bicyclic) bond motifs is 6. The van der Waals surface area contributed by atoms with Gasteiger partial charge in [-0.1, -0.05) is 73.9 Å². The molecule has 1 aromatic heterocycles. The summed E-state index contributed by atoms with van der Waals surface area (Å²) in [7, 11) is 0. The molecule has 1 N–H and O–H groups in total. The highest BCUT2D eigenvalue weighted by molar-refractivity contribution is 5.94. The monoisotopic (exact) mass is 533 g/mol. The van der Waals surface area contributed by atoms with Gasteiger partial charge >= 0.3 is 0 Å². The van der Waals surface area contributed by atoms with Gasteiger partial charge < -0.3 is 9.73 Å². The quantitative estimate of drug-likeness (QED) is 0.396. The van der Waals surface area contributed by atoms with Crippen molar-refractivity contribution in [3.63, 3.8) is 0 Å². The Morgan fingerprint density at radius 3 is 2.70 bits per heavy atom. The fourth-order valence-electron chi connectivity index (χ4n) is 10.8. The Hall–Kier alpha value is -2.48. The van der Waals surface area contributed by atoms with E-state index in [2.05, 4.69) is 73.0 Å². The van der Waals surface area contributed by atoms with Crippen LogP contribution in [0.5, 0.6) is 0 Å². The van der Waals surface area contributed by atoms with Crippen LogP contribution in [0.2, 0.25) is 0 Å². The Morgan fingerprint density at radius 2 is 1.80 bits per heavy atom. The summed E-state index contributed by atoms with van der Waals surface area (Å²) in [6.45, 7) is 2.51. The van der Waals surface area contributed by atoms with E-state index >= 15 is 0 Å². The standard InChI is InChI=1S/C38H47NO/c1-25-12-5-8-17-31(25)38(26-13-3-2-4-14-26)32-18-9-6-15-28(32)29-23-22-27(24-33(29)38)39-34-19-11-21-36-37(34)30-16-7-10-20-35(30)40-36/h2-3,5,8,11-12,17,19,21,24-29,31-32,39H,4,6-7,9-10,13-16,18,20,22-23H2,1H3. The highest BCUT2D eigenvalue weighted by Crippen LogP contribution is 2.70. The summed E-state index contributed by atoms with van der Waals surface area (Å²) in [6, 6.07) is 7.11. The average Bonchev–Trinajstić information content (AvgIpc) is 3.52. The summed E-state index contributed by atoms with van der Waals surface area (Å²) >= 11 is 0. The second kappa shape index (κ2) is 10.1. The van der Waals surface area contributed by atoms with Gasteiger partial charge in [-0.25, -0.2) is 0 Å². The lowest BCUT2D eigenvalue weighted by molar-refractivity contribution is 0.0221. The lowest BCUT2D eigenvalue weighted by atomic mass is 9.51. The molecular weight excluding hydrogens is 486 g/mol. The van der Waals surface area contributed by atoms with E-state index < -0.39 is 0 Å². The average molecular weight is 534 g/mol. The van der Waals surface area contributed by atoms with Gasteiger partial charge in [-0.15, -0.1) is 0 Å². The fraction of sp³-hybridized carbons (Fsp3) is 0.579. The van der Waals surface area contributed by atoms with Gasteiger partial charge in [0.2, 0.25) is 0 Å². The van der Waals surface area contributed by atoms with E-state index in [1.54, 1.807) is 0 Å². The van der Waals surface area contributed by atoms with Crippen molar-refractivity contribution < 1.29 is 4.42 Å². The van der Waals surface area contributed by atoms with Crippen LogP contribution < -0.4 is 5.32 Å². The molecule has 2 fully saturated rings. The normalized spacial score (nSPS) is 38.5.